The molecule has 0 spiro atoms. The number of ketones is 1. The van der Waals surface area contributed by atoms with Gasteiger partial charge in [0.25, 0.3) is 0 Å². The Kier molecular flexibility index (Phi) is 6.76. The molecule has 0 N–H and O–H groups in total. The molecular weight excluding hydrogens is 397 g/mol. The van der Waals surface area contributed by atoms with Crippen LogP contribution in [0.4, 0.5) is 4.39 Å². The highest BCUT2D eigenvalue weighted by Gasteiger charge is 2.26. The Morgan fingerprint density at radius 3 is 2.34 bits per heavy atom. The number of rotatable bonds is 6. The van der Waals surface area contributed by atoms with Crippen LogP contribution in [-0.2, 0) is 14.8 Å². The minimum absolute atomic E-state index is 0.00859. The Balaban J connectivity index is 1.71. The summed E-state index contributed by atoms with van der Waals surface area (Å²) in [6.45, 7) is 0.269. The van der Waals surface area contributed by atoms with Gasteiger partial charge in [-0.1, -0.05) is 31.0 Å². The van der Waals surface area contributed by atoms with Crippen LogP contribution in [0, 0.1) is 5.82 Å². The quantitative estimate of drug-likeness (QED) is 0.529. The van der Waals surface area contributed by atoms with Gasteiger partial charge in [-0.05, 0) is 43.2 Å². The highest BCUT2D eigenvalue weighted by atomic mass is 32.2. The van der Waals surface area contributed by atoms with E-state index >= 15 is 0 Å². The SMILES string of the molecule is O=C(OCC(=O)c1ccccc1F)c1cccc(S(=O)(=O)N2CCCCCC2)c1. The molecule has 0 bridgehead atoms. The Hall–Kier alpha value is -2.58. The van der Waals surface area contributed by atoms with Gasteiger partial charge in [-0.3, -0.25) is 4.79 Å². The fourth-order valence-corrected chi connectivity index (χ4v) is 4.76. The van der Waals surface area contributed by atoms with Crippen LogP contribution in [0.25, 0.3) is 0 Å². The molecule has 8 heteroatoms. The first-order valence-electron chi connectivity index (χ1n) is 9.44. The third-order valence-electron chi connectivity index (χ3n) is 4.78. The minimum Gasteiger partial charge on any atom is -0.454 e. The molecule has 2 aromatic carbocycles. The van der Waals surface area contributed by atoms with Crippen LogP contribution in [0.5, 0.6) is 0 Å². The molecular formula is C21H22FNO5S. The minimum atomic E-state index is -3.71. The molecule has 1 aliphatic rings. The zero-order chi connectivity index (χ0) is 20.9. The van der Waals surface area contributed by atoms with E-state index in [1.807, 2.05) is 0 Å². The van der Waals surface area contributed by atoms with Gasteiger partial charge in [-0.15, -0.1) is 0 Å². The largest absolute Gasteiger partial charge is 0.454 e. The van der Waals surface area contributed by atoms with Gasteiger partial charge in [0.05, 0.1) is 16.0 Å². The molecule has 0 saturated carbocycles. The molecule has 0 radical (unpaired) electrons. The fourth-order valence-electron chi connectivity index (χ4n) is 3.19. The summed E-state index contributed by atoms with van der Waals surface area (Å²) >= 11 is 0. The van der Waals surface area contributed by atoms with Crippen molar-refractivity contribution in [3.8, 4) is 0 Å². The lowest BCUT2D eigenvalue weighted by Gasteiger charge is -2.20. The predicted molar refractivity (Wildman–Crippen MR) is 105 cm³/mol. The van der Waals surface area contributed by atoms with E-state index in [4.69, 9.17) is 4.74 Å². The number of hydrogen-bond acceptors (Lipinski definition) is 5. The zero-order valence-electron chi connectivity index (χ0n) is 15.8. The maximum atomic E-state index is 13.6. The van der Waals surface area contributed by atoms with Crippen molar-refractivity contribution < 1.29 is 27.1 Å². The number of ether oxygens (including phenoxy) is 1. The molecule has 154 valence electrons. The Labute approximate surface area is 169 Å². The van der Waals surface area contributed by atoms with Crippen LogP contribution in [0.2, 0.25) is 0 Å². The summed E-state index contributed by atoms with van der Waals surface area (Å²) in [7, 11) is -3.71. The average molecular weight is 419 g/mol. The van der Waals surface area contributed by atoms with Gasteiger partial charge in [0.1, 0.15) is 5.82 Å². The van der Waals surface area contributed by atoms with Crippen molar-refractivity contribution in [3.05, 3.63) is 65.5 Å². The summed E-state index contributed by atoms with van der Waals surface area (Å²) in [5, 5.41) is 0. The number of halogens is 1. The van der Waals surface area contributed by atoms with Gasteiger partial charge in [0, 0.05) is 13.1 Å². The van der Waals surface area contributed by atoms with E-state index in [1.54, 1.807) is 0 Å². The van der Waals surface area contributed by atoms with Crippen molar-refractivity contribution >= 4 is 21.8 Å². The highest BCUT2D eigenvalue weighted by Crippen LogP contribution is 2.21. The molecule has 0 aromatic heterocycles. The standard InChI is InChI=1S/C21H22FNO5S/c22-19-11-4-3-10-18(19)20(24)15-28-21(25)16-8-7-9-17(14-16)29(26,27)23-12-5-1-2-6-13-23/h3-4,7-11,14H,1-2,5-6,12-13,15H2. The second kappa shape index (κ2) is 9.28. The van der Waals surface area contributed by atoms with Gasteiger partial charge in [-0.2, -0.15) is 4.31 Å². The smallest absolute Gasteiger partial charge is 0.338 e. The molecule has 0 aliphatic carbocycles. The second-order valence-electron chi connectivity index (χ2n) is 6.83. The van der Waals surface area contributed by atoms with Crippen LogP contribution < -0.4 is 0 Å². The van der Waals surface area contributed by atoms with Gasteiger partial charge in [0.2, 0.25) is 15.8 Å². The van der Waals surface area contributed by atoms with E-state index in [0.29, 0.717) is 13.1 Å². The number of carbonyl (C=O) groups is 2. The van der Waals surface area contributed by atoms with Crippen LogP contribution in [-0.4, -0.2) is 44.2 Å². The van der Waals surface area contributed by atoms with E-state index in [9.17, 15) is 22.4 Å². The van der Waals surface area contributed by atoms with Gasteiger partial charge in [-0.25, -0.2) is 17.6 Å². The van der Waals surface area contributed by atoms with Crippen LogP contribution in [0.15, 0.2) is 53.4 Å². The maximum absolute atomic E-state index is 13.6. The number of hydrogen-bond donors (Lipinski definition) is 0. The van der Waals surface area contributed by atoms with Crippen molar-refractivity contribution in [2.75, 3.05) is 19.7 Å². The van der Waals surface area contributed by atoms with E-state index in [1.165, 1.54) is 46.8 Å². The zero-order valence-corrected chi connectivity index (χ0v) is 16.7. The molecule has 0 amide bonds. The molecule has 1 heterocycles. The van der Waals surface area contributed by atoms with E-state index in [2.05, 4.69) is 0 Å². The number of sulfonamides is 1. The molecule has 1 aliphatic heterocycles. The third kappa shape index (κ3) is 5.07. The first-order chi connectivity index (χ1) is 13.9. The van der Waals surface area contributed by atoms with Crippen molar-refractivity contribution in [2.24, 2.45) is 0 Å². The molecule has 2 aromatic rings. The van der Waals surface area contributed by atoms with Crippen LogP contribution >= 0.6 is 0 Å². The monoisotopic (exact) mass is 419 g/mol. The lowest BCUT2D eigenvalue weighted by atomic mass is 10.1. The number of carbonyl (C=O) groups excluding carboxylic acids is 2. The molecule has 3 rings (SSSR count). The predicted octanol–water partition coefficient (Wildman–Crippen LogP) is 3.43. The summed E-state index contributed by atoms with van der Waals surface area (Å²) in [5.41, 5.74) is -0.153. The lowest BCUT2D eigenvalue weighted by Crippen LogP contribution is -2.32. The molecule has 29 heavy (non-hydrogen) atoms. The number of nitrogens with zero attached hydrogens (tertiary/aromatic N) is 1. The van der Waals surface area contributed by atoms with Gasteiger partial charge >= 0.3 is 5.97 Å². The summed E-state index contributed by atoms with van der Waals surface area (Å²) in [6, 6.07) is 11.0. The van der Waals surface area contributed by atoms with E-state index in [0.717, 1.165) is 31.7 Å². The third-order valence-corrected chi connectivity index (χ3v) is 6.68. The molecule has 6 nitrogen and oxygen atoms in total. The van der Waals surface area contributed by atoms with Crippen molar-refractivity contribution in [1.82, 2.24) is 4.31 Å². The molecule has 1 fully saturated rings. The number of Topliss-reactive ketones (excluding diaryl/α,β-unsaturated/α-hetero) is 1. The first kappa shape index (κ1) is 21.1. The normalized spacial score (nSPS) is 15.5. The van der Waals surface area contributed by atoms with Gasteiger partial charge < -0.3 is 4.74 Å². The fraction of sp³-hybridized carbons (Fsp3) is 0.333. The Morgan fingerprint density at radius 1 is 0.966 bits per heavy atom. The lowest BCUT2D eigenvalue weighted by molar-refractivity contribution is 0.0473. The van der Waals surface area contributed by atoms with Crippen molar-refractivity contribution in [3.63, 3.8) is 0 Å². The number of esters is 1. The van der Waals surface area contributed by atoms with E-state index in [-0.39, 0.29) is 16.0 Å². The van der Waals surface area contributed by atoms with Crippen molar-refractivity contribution in [2.45, 2.75) is 30.6 Å². The van der Waals surface area contributed by atoms with Crippen LogP contribution in [0.1, 0.15) is 46.4 Å². The summed E-state index contributed by atoms with van der Waals surface area (Å²) < 4.78 is 45.8. The molecule has 0 atom stereocenters. The van der Waals surface area contributed by atoms with Crippen LogP contribution in [0.3, 0.4) is 0 Å². The summed E-state index contributed by atoms with van der Waals surface area (Å²) in [6.07, 6.45) is 3.60. The summed E-state index contributed by atoms with van der Waals surface area (Å²) in [5.74, 6) is -2.22. The maximum Gasteiger partial charge on any atom is 0.338 e. The molecule has 0 unspecified atom stereocenters. The average Bonchev–Trinajstić information content (AvgIpc) is 3.02. The summed E-state index contributed by atoms with van der Waals surface area (Å²) in [4.78, 5) is 24.4. The molecule has 1 saturated heterocycles. The topological polar surface area (TPSA) is 80.8 Å². The Morgan fingerprint density at radius 2 is 1.66 bits per heavy atom. The number of benzene rings is 2. The van der Waals surface area contributed by atoms with E-state index < -0.39 is 34.2 Å². The van der Waals surface area contributed by atoms with Gasteiger partial charge in [0.15, 0.2) is 6.61 Å². The first-order valence-corrected chi connectivity index (χ1v) is 10.9. The highest BCUT2D eigenvalue weighted by molar-refractivity contribution is 7.89. The van der Waals surface area contributed by atoms with Crippen molar-refractivity contribution in [1.29, 1.82) is 0 Å². The second-order valence-corrected chi connectivity index (χ2v) is 8.76. The Bertz CT molecular complexity index is 998.